The summed E-state index contributed by atoms with van der Waals surface area (Å²) in [5.41, 5.74) is 2.03. The molecule has 4 rings (SSSR count). The first-order valence-corrected chi connectivity index (χ1v) is 11.9. The summed E-state index contributed by atoms with van der Waals surface area (Å²) >= 11 is 0. The number of rotatable bonds is 6. The Bertz CT molecular complexity index is 1270. The summed E-state index contributed by atoms with van der Waals surface area (Å²) in [6.45, 7) is 7.37. The van der Waals surface area contributed by atoms with Crippen LogP contribution >= 0.6 is 0 Å². The van der Waals surface area contributed by atoms with E-state index in [9.17, 15) is 13.2 Å². The van der Waals surface area contributed by atoms with Crippen LogP contribution < -0.4 is 10.4 Å². The number of aryl methyl sites for hydroxylation is 1. The van der Waals surface area contributed by atoms with Crippen molar-refractivity contribution in [3.8, 4) is 11.6 Å². The molecule has 0 atom stereocenters. The summed E-state index contributed by atoms with van der Waals surface area (Å²) in [5, 5.41) is 0.927. The molecule has 3 aromatic rings. The zero-order chi connectivity index (χ0) is 22.3. The summed E-state index contributed by atoms with van der Waals surface area (Å²) in [4.78, 5) is 16.5. The van der Waals surface area contributed by atoms with Crippen molar-refractivity contribution in [1.29, 1.82) is 0 Å². The van der Waals surface area contributed by atoms with Crippen molar-refractivity contribution in [2.75, 3.05) is 0 Å². The molecule has 1 aliphatic carbocycles. The van der Waals surface area contributed by atoms with Gasteiger partial charge in [-0.1, -0.05) is 0 Å². The fourth-order valence-electron chi connectivity index (χ4n) is 4.30. The summed E-state index contributed by atoms with van der Waals surface area (Å²) in [6.07, 6.45) is 3.90. The molecule has 2 aromatic heterocycles. The Morgan fingerprint density at radius 2 is 1.74 bits per heavy atom. The standard InChI is InChI=1S/C23H26N2O5S/c1-14(2)25(15(3)4)31(27,28)17-9-11-22(24-13-17)29-16-8-10-19-18-6-5-7-20(18)23(26)30-21(19)12-16/h8-15H,5-7H2,1-4H3. The highest BCUT2D eigenvalue weighted by Crippen LogP contribution is 2.31. The number of ether oxygens (including phenoxy) is 1. The van der Waals surface area contributed by atoms with E-state index in [1.165, 1.54) is 22.6 Å². The minimum absolute atomic E-state index is 0.113. The van der Waals surface area contributed by atoms with E-state index in [1.54, 1.807) is 12.1 Å². The largest absolute Gasteiger partial charge is 0.439 e. The molecule has 1 aliphatic rings. The zero-order valence-electron chi connectivity index (χ0n) is 18.1. The van der Waals surface area contributed by atoms with E-state index in [-0.39, 0.29) is 28.5 Å². The molecule has 0 unspecified atom stereocenters. The number of benzene rings is 1. The fourth-order valence-corrected chi connectivity index (χ4v) is 6.08. The molecule has 0 bridgehead atoms. The van der Waals surface area contributed by atoms with Crippen molar-refractivity contribution in [1.82, 2.24) is 9.29 Å². The minimum Gasteiger partial charge on any atom is -0.439 e. The molecule has 0 saturated carbocycles. The highest BCUT2D eigenvalue weighted by Gasteiger charge is 2.29. The van der Waals surface area contributed by atoms with Crippen molar-refractivity contribution >= 4 is 21.0 Å². The highest BCUT2D eigenvalue weighted by molar-refractivity contribution is 7.89. The minimum atomic E-state index is -3.66. The third-order valence-electron chi connectivity index (χ3n) is 5.47. The lowest BCUT2D eigenvalue weighted by Gasteiger charge is -2.29. The predicted molar refractivity (Wildman–Crippen MR) is 118 cm³/mol. The fraction of sp³-hybridized carbons (Fsp3) is 0.391. The third kappa shape index (κ3) is 3.97. The second-order valence-corrected chi connectivity index (χ2v) is 10.2. The number of fused-ring (bicyclic) bond motifs is 3. The molecule has 2 heterocycles. The van der Waals surface area contributed by atoms with Crippen LogP contribution in [0.1, 0.15) is 45.2 Å². The van der Waals surface area contributed by atoms with Crippen LogP contribution in [0.5, 0.6) is 11.6 Å². The van der Waals surface area contributed by atoms with Crippen LogP contribution in [0, 0.1) is 0 Å². The molecular weight excluding hydrogens is 416 g/mol. The molecule has 0 radical (unpaired) electrons. The van der Waals surface area contributed by atoms with Crippen molar-refractivity contribution in [3.63, 3.8) is 0 Å². The van der Waals surface area contributed by atoms with E-state index in [0.717, 1.165) is 35.8 Å². The molecule has 7 nitrogen and oxygen atoms in total. The Kier molecular flexibility index (Phi) is 5.61. The monoisotopic (exact) mass is 442 g/mol. The average molecular weight is 443 g/mol. The molecule has 8 heteroatoms. The van der Waals surface area contributed by atoms with Crippen LogP contribution in [0.15, 0.2) is 50.6 Å². The SMILES string of the molecule is CC(C)N(C(C)C)S(=O)(=O)c1ccc(Oc2ccc3c4c(c(=O)oc3c2)CCC4)nc1. The van der Waals surface area contributed by atoms with Gasteiger partial charge in [0.15, 0.2) is 0 Å². The van der Waals surface area contributed by atoms with Gasteiger partial charge >= 0.3 is 5.63 Å². The van der Waals surface area contributed by atoms with Crippen LogP contribution in [-0.2, 0) is 22.9 Å². The van der Waals surface area contributed by atoms with Crippen LogP contribution in [0.2, 0.25) is 0 Å². The van der Waals surface area contributed by atoms with Crippen molar-refractivity contribution in [2.45, 2.75) is 63.9 Å². The van der Waals surface area contributed by atoms with Crippen LogP contribution in [-0.4, -0.2) is 29.8 Å². The number of hydrogen-bond donors (Lipinski definition) is 0. The molecular formula is C23H26N2O5S. The Morgan fingerprint density at radius 1 is 1.03 bits per heavy atom. The van der Waals surface area contributed by atoms with E-state index in [0.29, 0.717) is 11.3 Å². The van der Waals surface area contributed by atoms with E-state index in [2.05, 4.69) is 4.98 Å². The van der Waals surface area contributed by atoms with Crippen LogP contribution in [0.25, 0.3) is 11.0 Å². The van der Waals surface area contributed by atoms with Gasteiger partial charge in [0, 0.05) is 35.2 Å². The number of aromatic nitrogens is 1. The van der Waals surface area contributed by atoms with Gasteiger partial charge in [0.05, 0.1) is 6.20 Å². The molecule has 0 saturated heterocycles. The van der Waals surface area contributed by atoms with Gasteiger partial charge in [-0.2, -0.15) is 4.31 Å². The molecule has 0 amide bonds. The molecule has 0 fully saturated rings. The average Bonchev–Trinajstić information content (AvgIpc) is 3.18. The molecule has 0 spiro atoms. The molecule has 1 aromatic carbocycles. The Morgan fingerprint density at radius 3 is 2.39 bits per heavy atom. The Hall–Kier alpha value is -2.71. The Labute approximate surface area is 181 Å². The van der Waals surface area contributed by atoms with Gasteiger partial charge in [0.1, 0.15) is 16.2 Å². The number of sulfonamides is 1. The van der Waals surface area contributed by atoms with Gasteiger partial charge in [0.25, 0.3) is 0 Å². The summed E-state index contributed by atoms with van der Waals surface area (Å²) < 4.78 is 38.6. The lowest BCUT2D eigenvalue weighted by molar-refractivity contribution is 0.302. The van der Waals surface area contributed by atoms with E-state index in [1.807, 2.05) is 33.8 Å². The van der Waals surface area contributed by atoms with Gasteiger partial charge in [-0.05, 0) is 70.7 Å². The van der Waals surface area contributed by atoms with E-state index >= 15 is 0 Å². The number of pyridine rings is 1. The predicted octanol–water partition coefficient (Wildman–Crippen LogP) is 4.28. The lowest BCUT2D eigenvalue weighted by atomic mass is 10.1. The number of hydrogen-bond acceptors (Lipinski definition) is 6. The smallest absolute Gasteiger partial charge is 0.339 e. The van der Waals surface area contributed by atoms with Gasteiger partial charge in [-0.15, -0.1) is 0 Å². The quantitative estimate of drug-likeness (QED) is 0.530. The van der Waals surface area contributed by atoms with Crippen molar-refractivity contribution in [3.05, 3.63) is 58.1 Å². The maximum absolute atomic E-state index is 13.0. The normalized spacial score (nSPS) is 14.0. The molecule has 164 valence electrons. The van der Waals surface area contributed by atoms with Crippen LogP contribution in [0.3, 0.4) is 0 Å². The first-order chi connectivity index (χ1) is 14.7. The van der Waals surface area contributed by atoms with Gasteiger partial charge in [-0.3, -0.25) is 0 Å². The maximum atomic E-state index is 13.0. The third-order valence-corrected chi connectivity index (χ3v) is 7.71. The molecule has 0 N–H and O–H groups in total. The first-order valence-electron chi connectivity index (χ1n) is 10.4. The first kappa shape index (κ1) is 21.5. The van der Waals surface area contributed by atoms with Crippen LogP contribution in [0.4, 0.5) is 0 Å². The van der Waals surface area contributed by atoms with E-state index < -0.39 is 10.0 Å². The van der Waals surface area contributed by atoms with Crippen molar-refractivity contribution in [2.24, 2.45) is 0 Å². The second kappa shape index (κ2) is 8.09. The second-order valence-electron chi connectivity index (χ2n) is 8.31. The maximum Gasteiger partial charge on any atom is 0.339 e. The van der Waals surface area contributed by atoms with Gasteiger partial charge < -0.3 is 9.15 Å². The van der Waals surface area contributed by atoms with Gasteiger partial charge in [0.2, 0.25) is 15.9 Å². The zero-order valence-corrected chi connectivity index (χ0v) is 18.9. The summed E-state index contributed by atoms with van der Waals surface area (Å²) in [6, 6.07) is 8.02. The van der Waals surface area contributed by atoms with Gasteiger partial charge in [-0.25, -0.2) is 18.2 Å². The lowest BCUT2D eigenvalue weighted by Crippen LogP contribution is -2.41. The molecule has 31 heavy (non-hydrogen) atoms. The molecule has 0 aliphatic heterocycles. The summed E-state index contributed by atoms with van der Waals surface area (Å²) in [5.74, 6) is 0.713. The summed E-state index contributed by atoms with van der Waals surface area (Å²) in [7, 11) is -3.66. The topological polar surface area (TPSA) is 89.7 Å². The van der Waals surface area contributed by atoms with Crippen molar-refractivity contribution < 1.29 is 17.6 Å². The Balaban J connectivity index is 1.60. The van der Waals surface area contributed by atoms with E-state index in [4.69, 9.17) is 9.15 Å². The highest BCUT2D eigenvalue weighted by atomic mass is 32.2. The number of nitrogens with zero attached hydrogens (tertiary/aromatic N) is 2.